The molecule has 0 fully saturated rings. The molecule has 0 aliphatic carbocycles. The summed E-state index contributed by atoms with van der Waals surface area (Å²) in [6, 6.07) is -0.833. The predicted molar refractivity (Wildman–Crippen MR) is 301 cm³/mol. The summed E-state index contributed by atoms with van der Waals surface area (Å²) in [4.78, 5) is 12.5. The zero-order chi connectivity index (χ0) is 49.3. The molecule has 68 heavy (non-hydrogen) atoms. The van der Waals surface area contributed by atoms with Crippen LogP contribution in [0.15, 0.2) is 36.5 Å². The van der Waals surface area contributed by atoms with E-state index in [-0.39, 0.29) is 12.5 Å². The number of amides is 1. The molecule has 0 aromatic carbocycles. The SMILES string of the molecule is CCCCCCCCCCCCCC/C=C\CCCCCCCCCCCCCCCCCC(=O)NC(CO)C(O)C(O)CCC/C=C/CC/C=C/CCCCCCCCCCCCCCCC. The number of nitrogens with one attached hydrogen (secondary N) is 1. The van der Waals surface area contributed by atoms with Crippen LogP contribution in [0.25, 0.3) is 0 Å². The van der Waals surface area contributed by atoms with Crippen LogP contribution in [0.2, 0.25) is 0 Å². The largest absolute Gasteiger partial charge is 0.394 e. The number of carbonyl (C=O) groups is 1. The zero-order valence-electron chi connectivity index (χ0n) is 46.0. The smallest absolute Gasteiger partial charge is 0.220 e. The first-order valence-electron chi connectivity index (χ1n) is 30.8. The number of carbonyl (C=O) groups excluding carboxylic acids is 1. The minimum absolute atomic E-state index is 0.153. The van der Waals surface area contributed by atoms with Crippen molar-refractivity contribution >= 4 is 5.91 Å². The second-order valence-electron chi connectivity index (χ2n) is 21.2. The van der Waals surface area contributed by atoms with Crippen LogP contribution in [0.3, 0.4) is 0 Å². The van der Waals surface area contributed by atoms with Crippen molar-refractivity contribution in [2.24, 2.45) is 0 Å². The average molecular weight is 957 g/mol. The van der Waals surface area contributed by atoms with E-state index in [4.69, 9.17) is 0 Å². The summed E-state index contributed by atoms with van der Waals surface area (Å²) < 4.78 is 0. The lowest BCUT2D eigenvalue weighted by atomic mass is 10.0. The molecule has 0 saturated heterocycles. The molecule has 0 aliphatic rings. The van der Waals surface area contributed by atoms with E-state index in [2.05, 4.69) is 55.6 Å². The third-order valence-corrected chi connectivity index (χ3v) is 14.4. The molecular formula is C63H121NO4. The van der Waals surface area contributed by atoms with Crippen molar-refractivity contribution in [3.63, 3.8) is 0 Å². The first-order valence-corrected chi connectivity index (χ1v) is 30.8. The van der Waals surface area contributed by atoms with Crippen LogP contribution in [0.4, 0.5) is 0 Å². The van der Waals surface area contributed by atoms with Gasteiger partial charge < -0.3 is 20.6 Å². The lowest BCUT2D eigenvalue weighted by molar-refractivity contribution is -0.124. The van der Waals surface area contributed by atoms with Crippen molar-refractivity contribution in [1.29, 1.82) is 0 Å². The van der Waals surface area contributed by atoms with Crippen LogP contribution in [0.1, 0.15) is 335 Å². The van der Waals surface area contributed by atoms with Crippen LogP contribution in [-0.2, 0) is 4.79 Å². The lowest BCUT2D eigenvalue weighted by Crippen LogP contribution is -2.50. The Balaban J connectivity index is 3.54. The maximum Gasteiger partial charge on any atom is 0.220 e. The fourth-order valence-corrected chi connectivity index (χ4v) is 9.71. The Labute approximate surface area is 425 Å². The molecule has 0 spiro atoms. The number of aliphatic hydroxyl groups excluding tert-OH is 3. The van der Waals surface area contributed by atoms with E-state index in [9.17, 15) is 20.1 Å². The van der Waals surface area contributed by atoms with E-state index in [0.29, 0.717) is 12.8 Å². The molecule has 0 saturated carbocycles. The van der Waals surface area contributed by atoms with Crippen LogP contribution in [0.5, 0.6) is 0 Å². The van der Waals surface area contributed by atoms with Gasteiger partial charge in [0.1, 0.15) is 6.10 Å². The monoisotopic (exact) mass is 956 g/mol. The van der Waals surface area contributed by atoms with Crippen molar-refractivity contribution in [3.8, 4) is 0 Å². The van der Waals surface area contributed by atoms with Crippen molar-refractivity contribution in [2.45, 2.75) is 353 Å². The normalized spacial score (nSPS) is 13.4. The fraction of sp³-hybridized carbons (Fsp3) is 0.889. The van der Waals surface area contributed by atoms with Gasteiger partial charge in [0.15, 0.2) is 0 Å². The van der Waals surface area contributed by atoms with E-state index in [1.54, 1.807) is 0 Å². The molecule has 402 valence electrons. The van der Waals surface area contributed by atoms with Gasteiger partial charge in [-0.2, -0.15) is 0 Å². The van der Waals surface area contributed by atoms with Crippen LogP contribution >= 0.6 is 0 Å². The standard InChI is InChI=1S/C63H121NO4/c1-3-5-7-9-11-13-15-17-19-21-23-25-27-28-29-30-31-32-33-34-36-38-40-42-44-46-48-50-52-54-56-58-62(67)64-60(59-65)63(68)61(66)57-55-53-51-49-47-45-43-41-39-37-35-26-24-22-20-18-16-14-12-10-8-6-4-2/h28-29,41,43,49,51,60-61,63,65-66,68H,3-27,30-40,42,44-48,50,52-59H2,1-2H3,(H,64,67)/b29-28-,43-41+,51-49+. The van der Waals surface area contributed by atoms with Gasteiger partial charge >= 0.3 is 0 Å². The fourth-order valence-electron chi connectivity index (χ4n) is 9.71. The quantitative estimate of drug-likeness (QED) is 0.0361. The van der Waals surface area contributed by atoms with Gasteiger partial charge in [-0.1, -0.05) is 288 Å². The molecule has 0 heterocycles. The number of unbranched alkanes of at least 4 members (excludes halogenated alkanes) is 43. The molecule has 5 heteroatoms. The van der Waals surface area contributed by atoms with E-state index in [1.165, 1.54) is 263 Å². The number of hydrogen-bond donors (Lipinski definition) is 4. The van der Waals surface area contributed by atoms with E-state index < -0.39 is 18.2 Å². The predicted octanol–water partition coefficient (Wildman–Crippen LogP) is 19.4. The molecule has 0 aromatic rings. The first kappa shape index (κ1) is 66.6. The van der Waals surface area contributed by atoms with E-state index >= 15 is 0 Å². The number of aliphatic hydroxyl groups is 3. The van der Waals surface area contributed by atoms with Gasteiger partial charge in [0.25, 0.3) is 0 Å². The summed E-state index contributed by atoms with van der Waals surface area (Å²) in [5, 5.41) is 33.8. The minimum atomic E-state index is -1.17. The van der Waals surface area contributed by atoms with Gasteiger partial charge in [-0.3, -0.25) is 4.79 Å². The molecule has 0 aromatic heterocycles. The summed E-state index contributed by atoms with van der Waals surface area (Å²) in [5.41, 5.74) is 0. The summed E-state index contributed by atoms with van der Waals surface area (Å²) in [6.07, 6.45) is 76.1. The summed E-state index contributed by atoms with van der Waals surface area (Å²) in [7, 11) is 0. The maximum absolute atomic E-state index is 12.5. The second-order valence-corrected chi connectivity index (χ2v) is 21.2. The minimum Gasteiger partial charge on any atom is -0.394 e. The van der Waals surface area contributed by atoms with Crippen molar-refractivity contribution < 1.29 is 20.1 Å². The molecule has 0 aliphatic heterocycles. The number of allylic oxidation sites excluding steroid dienone is 6. The molecular weight excluding hydrogens is 835 g/mol. The van der Waals surface area contributed by atoms with Crippen molar-refractivity contribution in [2.75, 3.05) is 6.61 Å². The van der Waals surface area contributed by atoms with E-state index in [1.807, 2.05) is 0 Å². The lowest BCUT2D eigenvalue weighted by Gasteiger charge is -2.26. The number of rotatable bonds is 57. The third kappa shape index (κ3) is 52.4. The van der Waals surface area contributed by atoms with Gasteiger partial charge in [0, 0.05) is 6.42 Å². The topological polar surface area (TPSA) is 89.8 Å². The molecule has 3 atom stereocenters. The van der Waals surface area contributed by atoms with Gasteiger partial charge in [-0.05, 0) is 77.0 Å². The number of hydrogen-bond acceptors (Lipinski definition) is 4. The van der Waals surface area contributed by atoms with Crippen molar-refractivity contribution in [3.05, 3.63) is 36.5 Å². The zero-order valence-corrected chi connectivity index (χ0v) is 46.0. The summed E-state index contributed by atoms with van der Waals surface area (Å²) >= 11 is 0. The van der Waals surface area contributed by atoms with Crippen LogP contribution < -0.4 is 5.32 Å². The Morgan fingerprint density at radius 3 is 0.897 bits per heavy atom. The summed E-state index contributed by atoms with van der Waals surface area (Å²) in [6.45, 7) is 4.20. The highest BCUT2D eigenvalue weighted by atomic mass is 16.3. The van der Waals surface area contributed by atoms with Crippen LogP contribution in [0, 0.1) is 0 Å². The first-order chi connectivity index (χ1) is 33.6. The van der Waals surface area contributed by atoms with Gasteiger partial charge in [0.05, 0.1) is 18.8 Å². The van der Waals surface area contributed by atoms with Gasteiger partial charge in [0.2, 0.25) is 5.91 Å². The summed E-state index contributed by atoms with van der Waals surface area (Å²) in [5.74, 6) is -0.153. The Morgan fingerprint density at radius 2 is 0.603 bits per heavy atom. The molecule has 5 nitrogen and oxygen atoms in total. The van der Waals surface area contributed by atoms with Crippen molar-refractivity contribution in [1.82, 2.24) is 5.32 Å². The highest BCUT2D eigenvalue weighted by molar-refractivity contribution is 5.76. The average Bonchev–Trinajstić information content (AvgIpc) is 3.34. The van der Waals surface area contributed by atoms with Gasteiger partial charge in [-0.15, -0.1) is 0 Å². The van der Waals surface area contributed by atoms with Crippen LogP contribution in [-0.4, -0.2) is 46.1 Å². The third-order valence-electron chi connectivity index (χ3n) is 14.4. The van der Waals surface area contributed by atoms with E-state index in [0.717, 1.165) is 44.9 Å². The molecule has 3 unspecified atom stereocenters. The molecule has 4 N–H and O–H groups in total. The molecule has 0 bridgehead atoms. The highest BCUT2D eigenvalue weighted by Crippen LogP contribution is 2.18. The Morgan fingerprint density at radius 1 is 0.353 bits per heavy atom. The Hall–Kier alpha value is -1.43. The molecule has 1 amide bonds. The Kier molecular flexibility index (Phi) is 56.9. The molecule has 0 rings (SSSR count). The second kappa shape index (κ2) is 58.1. The molecule has 0 radical (unpaired) electrons. The van der Waals surface area contributed by atoms with Gasteiger partial charge in [-0.25, -0.2) is 0 Å². The highest BCUT2D eigenvalue weighted by Gasteiger charge is 2.26. The Bertz CT molecular complexity index is 1060. The maximum atomic E-state index is 12.5.